The third-order valence-electron chi connectivity index (χ3n) is 3.30. The topological polar surface area (TPSA) is 48.9 Å². The van der Waals surface area contributed by atoms with E-state index in [0.29, 0.717) is 0 Å². The lowest BCUT2D eigenvalue weighted by atomic mass is 10.2. The molecule has 0 spiro atoms. The van der Waals surface area contributed by atoms with Gasteiger partial charge in [0.25, 0.3) is 5.82 Å². The molecule has 0 aromatic carbocycles. The average molecular weight is 238 g/mol. The maximum Gasteiger partial charge on any atom is 0.256 e. The lowest BCUT2D eigenvalue weighted by Crippen LogP contribution is -2.49. The molecule has 0 bridgehead atoms. The first-order valence-corrected chi connectivity index (χ1v) is 6.26. The lowest BCUT2D eigenvalue weighted by molar-refractivity contribution is -0.719. The Labute approximate surface area is 103 Å². The Morgan fingerprint density at radius 3 is 2.71 bits per heavy atom. The van der Waals surface area contributed by atoms with Gasteiger partial charge in [0.1, 0.15) is 17.9 Å². The number of unbranched alkanes of at least 4 members (excludes halogenated alkanes) is 2. The van der Waals surface area contributed by atoms with Crippen LogP contribution in [-0.2, 0) is 18.3 Å². The van der Waals surface area contributed by atoms with Crippen molar-refractivity contribution in [3.8, 4) is 0 Å². The van der Waals surface area contributed by atoms with Crippen LogP contribution in [0.2, 0.25) is 0 Å². The van der Waals surface area contributed by atoms with Crippen LogP contribution in [0, 0.1) is 6.92 Å². The quantitative estimate of drug-likeness (QED) is 0.540. The molecule has 17 heavy (non-hydrogen) atoms. The van der Waals surface area contributed by atoms with Crippen molar-refractivity contribution in [1.82, 2.24) is 4.57 Å². The molecule has 0 aliphatic rings. The molecule has 0 fully saturated rings. The fraction of sp³-hybridized carbons (Fsp3) is 0.692. The molecule has 0 radical (unpaired) electrons. The Hall–Kier alpha value is -1.32. The van der Waals surface area contributed by atoms with Crippen molar-refractivity contribution in [3.63, 3.8) is 0 Å². The molecule has 0 amide bonds. The van der Waals surface area contributed by atoms with E-state index in [1.165, 1.54) is 12.8 Å². The van der Waals surface area contributed by atoms with Crippen LogP contribution in [0.5, 0.6) is 0 Å². The molecule has 1 heterocycles. The van der Waals surface area contributed by atoms with Crippen LogP contribution < -0.4 is 9.67 Å². The summed E-state index contributed by atoms with van der Waals surface area (Å²) in [4.78, 5) is 11.0. The summed E-state index contributed by atoms with van der Waals surface area (Å²) >= 11 is 0. The van der Waals surface area contributed by atoms with Gasteiger partial charge < -0.3 is 9.90 Å². The van der Waals surface area contributed by atoms with Crippen molar-refractivity contribution >= 4 is 5.97 Å². The highest BCUT2D eigenvalue weighted by atomic mass is 16.4. The second kappa shape index (κ2) is 5.84. The van der Waals surface area contributed by atoms with E-state index >= 15 is 0 Å². The molecule has 0 aliphatic carbocycles. The van der Waals surface area contributed by atoms with E-state index in [0.717, 1.165) is 24.4 Å². The summed E-state index contributed by atoms with van der Waals surface area (Å²) in [5, 5.41) is 11.0. The van der Waals surface area contributed by atoms with Gasteiger partial charge in [-0.05, 0) is 13.3 Å². The number of rotatable bonds is 6. The van der Waals surface area contributed by atoms with Crippen molar-refractivity contribution < 1.29 is 14.5 Å². The lowest BCUT2D eigenvalue weighted by Gasteiger charge is -2.11. The number of imidazole rings is 1. The first-order valence-electron chi connectivity index (χ1n) is 6.26. The average Bonchev–Trinajstić information content (AvgIpc) is 2.56. The fourth-order valence-corrected chi connectivity index (χ4v) is 2.02. The third kappa shape index (κ3) is 3.08. The molecule has 1 aromatic heterocycles. The van der Waals surface area contributed by atoms with Gasteiger partial charge in [-0.1, -0.05) is 19.8 Å². The zero-order chi connectivity index (χ0) is 13.0. The molecular weight excluding hydrogens is 216 g/mol. The van der Waals surface area contributed by atoms with E-state index in [9.17, 15) is 9.90 Å². The van der Waals surface area contributed by atoms with Crippen LogP contribution in [-0.4, -0.2) is 10.5 Å². The number of hydrogen-bond donors (Lipinski definition) is 0. The summed E-state index contributed by atoms with van der Waals surface area (Å²) in [5.74, 6) is 0.0324. The number of carbonyl (C=O) groups excluding carboxylic acids is 1. The number of carbonyl (C=O) groups is 1. The van der Waals surface area contributed by atoms with Crippen LogP contribution in [0.4, 0.5) is 0 Å². The van der Waals surface area contributed by atoms with E-state index in [2.05, 4.69) is 11.5 Å². The van der Waals surface area contributed by atoms with Gasteiger partial charge in [0.05, 0.1) is 13.0 Å². The number of carboxylic acid groups (broad SMARTS) is 1. The van der Waals surface area contributed by atoms with Crippen LogP contribution in [0.25, 0.3) is 0 Å². The second-order valence-electron chi connectivity index (χ2n) is 4.61. The minimum Gasteiger partial charge on any atom is -0.546 e. The highest BCUT2D eigenvalue weighted by Crippen LogP contribution is 2.08. The Morgan fingerprint density at radius 1 is 1.53 bits per heavy atom. The maximum absolute atomic E-state index is 11.0. The molecule has 4 nitrogen and oxygen atoms in total. The molecule has 1 unspecified atom stereocenters. The van der Waals surface area contributed by atoms with Gasteiger partial charge in [0, 0.05) is 13.3 Å². The first kappa shape index (κ1) is 13.7. The number of aromatic nitrogens is 2. The standard InChI is InChI=1S/C13H22N2O2/c1-5-6-7-8-12-14(4)10(2)9-15(12)11(3)13(16)17/h9,11H,5-8H2,1-4H3. The molecule has 0 N–H and O–H groups in total. The molecule has 0 saturated carbocycles. The van der Waals surface area contributed by atoms with E-state index < -0.39 is 12.0 Å². The summed E-state index contributed by atoms with van der Waals surface area (Å²) in [6.45, 7) is 5.81. The van der Waals surface area contributed by atoms with Crippen molar-refractivity contribution in [3.05, 3.63) is 17.7 Å². The van der Waals surface area contributed by atoms with E-state index in [1.807, 2.05) is 24.7 Å². The number of aryl methyl sites for hydroxylation is 1. The number of carboxylic acids is 1. The summed E-state index contributed by atoms with van der Waals surface area (Å²) in [6.07, 6.45) is 6.23. The smallest absolute Gasteiger partial charge is 0.256 e. The van der Waals surface area contributed by atoms with E-state index in [4.69, 9.17) is 0 Å². The highest BCUT2D eigenvalue weighted by Gasteiger charge is 2.22. The van der Waals surface area contributed by atoms with Gasteiger partial charge in [0.15, 0.2) is 0 Å². The molecule has 1 rings (SSSR count). The van der Waals surface area contributed by atoms with Gasteiger partial charge in [-0.2, -0.15) is 0 Å². The zero-order valence-electron chi connectivity index (χ0n) is 11.2. The summed E-state index contributed by atoms with van der Waals surface area (Å²) in [7, 11) is 1.98. The van der Waals surface area contributed by atoms with Crippen molar-refractivity contribution in [1.29, 1.82) is 0 Å². The normalized spacial score (nSPS) is 12.7. The van der Waals surface area contributed by atoms with Crippen molar-refractivity contribution in [2.45, 2.75) is 52.5 Å². The minimum absolute atomic E-state index is 0.605. The van der Waals surface area contributed by atoms with Gasteiger partial charge >= 0.3 is 0 Å². The van der Waals surface area contributed by atoms with E-state index in [1.54, 1.807) is 6.92 Å². The van der Waals surface area contributed by atoms with Crippen LogP contribution >= 0.6 is 0 Å². The molecule has 96 valence electrons. The molecular formula is C13H22N2O2. The summed E-state index contributed by atoms with van der Waals surface area (Å²) < 4.78 is 3.88. The minimum atomic E-state index is -1.03. The second-order valence-corrected chi connectivity index (χ2v) is 4.61. The van der Waals surface area contributed by atoms with Gasteiger partial charge in [-0.25, -0.2) is 9.13 Å². The first-order chi connectivity index (χ1) is 7.99. The molecule has 4 heteroatoms. The third-order valence-corrected chi connectivity index (χ3v) is 3.30. The highest BCUT2D eigenvalue weighted by molar-refractivity contribution is 5.66. The van der Waals surface area contributed by atoms with E-state index in [-0.39, 0.29) is 0 Å². The molecule has 1 atom stereocenters. The molecule has 1 aromatic rings. The maximum atomic E-state index is 11.0. The zero-order valence-corrected chi connectivity index (χ0v) is 11.2. The molecule has 0 aliphatic heterocycles. The predicted octanol–water partition coefficient (Wildman–Crippen LogP) is 0.665. The monoisotopic (exact) mass is 238 g/mol. The Kier molecular flexibility index (Phi) is 4.73. The number of nitrogens with zero attached hydrogens (tertiary/aromatic N) is 2. The van der Waals surface area contributed by atoms with Gasteiger partial charge in [-0.15, -0.1) is 0 Å². The Bertz CT molecular complexity index is 396. The summed E-state index contributed by atoms with van der Waals surface area (Å²) in [6, 6.07) is -0.605. The molecule has 0 saturated heterocycles. The number of aliphatic carboxylic acids is 1. The van der Waals surface area contributed by atoms with Crippen LogP contribution in [0.15, 0.2) is 6.20 Å². The SMILES string of the molecule is CCCCCc1n(C)c(C)c[n+]1C(C)C(=O)[O-]. The summed E-state index contributed by atoms with van der Waals surface area (Å²) in [5.41, 5.74) is 1.07. The van der Waals surface area contributed by atoms with Gasteiger partial charge in [-0.3, -0.25) is 0 Å². The Morgan fingerprint density at radius 2 is 2.18 bits per heavy atom. The Balaban J connectivity index is 2.96. The largest absolute Gasteiger partial charge is 0.546 e. The van der Waals surface area contributed by atoms with Crippen LogP contribution in [0.3, 0.4) is 0 Å². The number of hydrogen-bond acceptors (Lipinski definition) is 2. The van der Waals surface area contributed by atoms with Crippen molar-refractivity contribution in [2.24, 2.45) is 7.05 Å². The van der Waals surface area contributed by atoms with Crippen molar-refractivity contribution in [2.75, 3.05) is 0 Å². The van der Waals surface area contributed by atoms with Crippen LogP contribution in [0.1, 0.15) is 50.7 Å². The predicted molar refractivity (Wildman–Crippen MR) is 63.3 cm³/mol. The van der Waals surface area contributed by atoms with Gasteiger partial charge in [0.2, 0.25) is 0 Å². The fourth-order valence-electron chi connectivity index (χ4n) is 2.02.